The quantitative estimate of drug-likeness (QED) is 0.669. The number of hydrogen-bond donors (Lipinski definition) is 2. The summed E-state index contributed by atoms with van der Waals surface area (Å²) < 4.78 is 1.62. The van der Waals surface area contributed by atoms with E-state index < -0.39 is 0 Å². The Balaban J connectivity index is 2.87. The van der Waals surface area contributed by atoms with E-state index >= 15 is 0 Å². The number of aromatic nitrogens is 2. The highest BCUT2D eigenvalue weighted by Gasteiger charge is 2.03. The first kappa shape index (κ1) is 8.07. The van der Waals surface area contributed by atoms with Crippen LogP contribution >= 0.6 is 11.6 Å². The predicted molar refractivity (Wildman–Crippen MR) is 44.8 cm³/mol. The third-order valence-corrected chi connectivity index (χ3v) is 1.33. The first-order valence-corrected chi connectivity index (χ1v) is 3.65. The molecule has 0 fully saturated rings. The van der Waals surface area contributed by atoms with Gasteiger partial charge in [-0.3, -0.25) is 5.41 Å². The van der Waals surface area contributed by atoms with Crippen molar-refractivity contribution >= 4 is 16.8 Å². The van der Waals surface area contributed by atoms with Gasteiger partial charge in [0.25, 0.3) is 0 Å². The maximum atomic E-state index is 7.11. The summed E-state index contributed by atoms with van der Waals surface area (Å²) in [5.74, 6) is 0.438. The summed E-state index contributed by atoms with van der Waals surface area (Å²) in [6.45, 7) is 2.73. The maximum Gasteiger partial charge on any atom is 0.188 e. The van der Waals surface area contributed by atoms with E-state index in [1.807, 2.05) is 6.92 Å². The molecule has 0 unspecified atom stereocenters. The molecule has 60 valence electrons. The van der Waals surface area contributed by atoms with Gasteiger partial charge in [0.05, 0.1) is 0 Å². The minimum atomic E-state index is -0.0593. The van der Waals surface area contributed by atoms with Crippen molar-refractivity contribution in [3.8, 4) is 0 Å². The lowest BCUT2D eigenvalue weighted by atomic mass is 10.7. The predicted octanol–water partition coefficient (Wildman–Crippen LogP) is 1.01. The Morgan fingerprint density at radius 2 is 2.64 bits per heavy atom. The van der Waals surface area contributed by atoms with Gasteiger partial charge in [0.1, 0.15) is 0 Å². The fourth-order valence-electron chi connectivity index (χ4n) is 0.764. The number of rotatable bonds is 3. The number of imidazole rings is 1. The molecule has 4 nitrogen and oxygen atoms in total. The van der Waals surface area contributed by atoms with Crippen LogP contribution in [0.5, 0.6) is 0 Å². The average molecular weight is 173 g/mol. The van der Waals surface area contributed by atoms with Gasteiger partial charge in [0.2, 0.25) is 0 Å². The van der Waals surface area contributed by atoms with Crippen molar-refractivity contribution in [2.45, 2.75) is 6.92 Å². The van der Waals surface area contributed by atoms with Crippen molar-refractivity contribution in [3.05, 3.63) is 18.2 Å². The molecule has 0 aliphatic carbocycles. The molecular formula is C6H9ClN4. The molecule has 1 aromatic heterocycles. The molecule has 0 aromatic carbocycles. The first-order valence-electron chi connectivity index (χ1n) is 3.27. The van der Waals surface area contributed by atoms with Gasteiger partial charge in [-0.15, -0.1) is 0 Å². The fourth-order valence-corrected chi connectivity index (χ4v) is 0.904. The zero-order valence-corrected chi connectivity index (χ0v) is 6.89. The summed E-state index contributed by atoms with van der Waals surface area (Å²) in [6.07, 6.45) is 3.31. The highest BCUT2D eigenvalue weighted by Crippen LogP contribution is 1.98. The Morgan fingerprint density at radius 1 is 1.91 bits per heavy atom. The van der Waals surface area contributed by atoms with Crippen LogP contribution in [0, 0.1) is 5.41 Å². The SMILES string of the molecule is CCNn1ccnc1C(=N)Cl. The Hall–Kier alpha value is -1.03. The summed E-state index contributed by atoms with van der Waals surface area (Å²) in [5.41, 5.74) is 2.97. The van der Waals surface area contributed by atoms with Crippen molar-refractivity contribution in [1.82, 2.24) is 9.66 Å². The van der Waals surface area contributed by atoms with Crippen LogP contribution in [0.2, 0.25) is 0 Å². The molecule has 1 heterocycles. The van der Waals surface area contributed by atoms with Crippen LogP contribution in [0.15, 0.2) is 12.4 Å². The molecule has 0 aliphatic heterocycles. The molecule has 1 rings (SSSR count). The molecule has 5 heteroatoms. The second kappa shape index (κ2) is 3.39. The second-order valence-electron chi connectivity index (χ2n) is 1.95. The van der Waals surface area contributed by atoms with E-state index in [9.17, 15) is 0 Å². The summed E-state index contributed by atoms with van der Waals surface area (Å²) in [7, 11) is 0. The van der Waals surface area contributed by atoms with Crippen LogP contribution < -0.4 is 5.43 Å². The fraction of sp³-hybridized carbons (Fsp3) is 0.333. The average Bonchev–Trinajstić information content (AvgIpc) is 2.36. The summed E-state index contributed by atoms with van der Waals surface area (Å²) in [5, 5.41) is 7.05. The highest BCUT2D eigenvalue weighted by molar-refractivity contribution is 6.68. The third-order valence-electron chi connectivity index (χ3n) is 1.17. The van der Waals surface area contributed by atoms with E-state index in [2.05, 4.69) is 10.4 Å². The van der Waals surface area contributed by atoms with Gasteiger partial charge >= 0.3 is 0 Å². The Bertz CT molecular complexity index is 255. The molecule has 2 N–H and O–H groups in total. The minimum Gasteiger partial charge on any atom is -0.325 e. The minimum absolute atomic E-state index is 0.0593. The monoisotopic (exact) mass is 172 g/mol. The van der Waals surface area contributed by atoms with E-state index in [1.54, 1.807) is 17.1 Å². The van der Waals surface area contributed by atoms with Crippen molar-refractivity contribution in [3.63, 3.8) is 0 Å². The standard InChI is InChI=1S/C6H9ClN4/c1-2-10-11-4-3-9-6(11)5(7)8/h3-4,8,10H,2H2,1H3. The molecule has 1 aromatic rings. The topological polar surface area (TPSA) is 53.7 Å². The highest BCUT2D eigenvalue weighted by atomic mass is 35.5. The van der Waals surface area contributed by atoms with Crippen molar-refractivity contribution in [2.24, 2.45) is 0 Å². The molecule has 0 atom stereocenters. The molecule has 11 heavy (non-hydrogen) atoms. The van der Waals surface area contributed by atoms with E-state index in [-0.39, 0.29) is 5.17 Å². The normalized spacial score (nSPS) is 9.64. The van der Waals surface area contributed by atoms with E-state index in [0.29, 0.717) is 5.82 Å². The molecule has 0 amide bonds. The van der Waals surface area contributed by atoms with Crippen LogP contribution in [-0.4, -0.2) is 21.4 Å². The molecular weight excluding hydrogens is 164 g/mol. The van der Waals surface area contributed by atoms with Gasteiger partial charge in [-0.2, -0.15) is 0 Å². The second-order valence-corrected chi connectivity index (χ2v) is 2.32. The Labute approximate surface area is 69.7 Å². The number of nitrogens with one attached hydrogen (secondary N) is 2. The van der Waals surface area contributed by atoms with Gasteiger partial charge < -0.3 is 5.43 Å². The molecule has 0 spiro atoms. The van der Waals surface area contributed by atoms with E-state index in [0.717, 1.165) is 6.54 Å². The first-order chi connectivity index (χ1) is 5.25. The van der Waals surface area contributed by atoms with Gasteiger partial charge in [-0.25, -0.2) is 9.66 Å². The lowest BCUT2D eigenvalue weighted by Crippen LogP contribution is -2.17. The molecule has 0 aliphatic rings. The molecule has 0 saturated carbocycles. The van der Waals surface area contributed by atoms with Gasteiger partial charge in [0, 0.05) is 18.9 Å². The smallest absolute Gasteiger partial charge is 0.188 e. The van der Waals surface area contributed by atoms with Crippen LogP contribution in [0.25, 0.3) is 0 Å². The van der Waals surface area contributed by atoms with E-state index in [1.165, 1.54) is 0 Å². The summed E-state index contributed by atoms with van der Waals surface area (Å²) in [6, 6.07) is 0. The van der Waals surface area contributed by atoms with E-state index in [4.69, 9.17) is 17.0 Å². The maximum absolute atomic E-state index is 7.11. The molecule has 0 saturated heterocycles. The third kappa shape index (κ3) is 1.71. The van der Waals surface area contributed by atoms with Gasteiger partial charge in [-0.1, -0.05) is 11.6 Å². The zero-order valence-electron chi connectivity index (χ0n) is 6.13. The largest absolute Gasteiger partial charge is 0.325 e. The van der Waals surface area contributed by atoms with Gasteiger partial charge in [0.15, 0.2) is 11.0 Å². The Morgan fingerprint density at radius 3 is 3.18 bits per heavy atom. The van der Waals surface area contributed by atoms with Crippen LogP contribution in [0.4, 0.5) is 0 Å². The van der Waals surface area contributed by atoms with Crippen molar-refractivity contribution < 1.29 is 0 Å². The lowest BCUT2D eigenvalue weighted by Gasteiger charge is -2.05. The molecule has 0 radical (unpaired) electrons. The summed E-state index contributed by atoms with van der Waals surface area (Å²) >= 11 is 5.45. The lowest BCUT2D eigenvalue weighted by molar-refractivity contribution is 0.852. The molecule has 0 bridgehead atoms. The van der Waals surface area contributed by atoms with Gasteiger partial charge in [-0.05, 0) is 6.92 Å². The van der Waals surface area contributed by atoms with Crippen LogP contribution in [-0.2, 0) is 0 Å². The number of nitrogens with zero attached hydrogens (tertiary/aromatic N) is 2. The van der Waals surface area contributed by atoms with Crippen LogP contribution in [0.3, 0.4) is 0 Å². The zero-order chi connectivity index (χ0) is 8.27. The van der Waals surface area contributed by atoms with Crippen LogP contribution in [0.1, 0.15) is 12.7 Å². The number of hydrogen-bond acceptors (Lipinski definition) is 3. The Kier molecular flexibility index (Phi) is 2.48. The number of halogens is 1. The summed E-state index contributed by atoms with van der Waals surface area (Å²) in [4.78, 5) is 3.88. The van der Waals surface area contributed by atoms with Crippen molar-refractivity contribution in [2.75, 3.05) is 12.0 Å². The van der Waals surface area contributed by atoms with Crippen molar-refractivity contribution in [1.29, 1.82) is 5.41 Å².